The monoisotopic (exact) mass is 728 g/mol. The Morgan fingerprint density at radius 3 is 2.00 bits per heavy atom. The molecule has 7 aromatic carbocycles. The third-order valence-corrected chi connectivity index (χ3v) is 12.6. The van der Waals surface area contributed by atoms with E-state index in [0.29, 0.717) is 5.92 Å². The zero-order valence-electron chi connectivity index (χ0n) is 31.6. The second-order valence-corrected chi connectivity index (χ2v) is 15.5. The van der Waals surface area contributed by atoms with E-state index in [0.717, 1.165) is 35.4 Å². The van der Waals surface area contributed by atoms with E-state index < -0.39 is 0 Å². The van der Waals surface area contributed by atoms with Gasteiger partial charge in [-0.05, 0) is 150 Å². The first kappa shape index (κ1) is 33.3. The molecular formula is C55H40N2. The quantitative estimate of drug-likeness (QED) is 0.122. The molecule has 0 spiro atoms. The molecule has 0 aliphatic heterocycles. The third kappa shape index (κ3) is 5.21. The lowest BCUT2D eigenvalue weighted by atomic mass is 9.72. The van der Waals surface area contributed by atoms with Crippen LogP contribution < -0.4 is 4.90 Å². The van der Waals surface area contributed by atoms with Gasteiger partial charge in [0.15, 0.2) is 0 Å². The number of rotatable bonds is 8. The van der Waals surface area contributed by atoms with Crippen molar-refractivity contribution in [2.45, 2.75) is 18.8 Å². The van der Waals surface area contributed by atoms with Gasteiger partial charge < -0.3 is 10.3 Å². The van der Waals surface area contributed by atoms with E-state index in [9.17, 15) is 0 Å². The molecule has 7 aromatic rings. The molecule has 11 rings (SSSR count). The third-order valence-electron chi connectivity index (χ3n) is 12.6. The second-order valence-electron chi connectivity index (χ2n) is 15.5. The van der Waals surface area contributed by atoms with Crippen LogP contribution in [0.1, 0.15) is 46.6 Å². The SMILES string of the molecule is C=C/C(=C\C=N)c1ccc(N(C2=CC(c3ccc4c5c(cccc35)-c3ccccc3-4)=CC(C3CC=C4c5ccccc5-c5cccc3c54)C2)c2ccccc2)cc1. The zero-order chi connectivity index (χ0) is 38.0. The van der Waals surface area contributed by atoms with E-state index in [1.54, 1.807) is 6.08 Å². The highest BCUT2D eigenvalue weighted by molar-refractivity contribution is 6.18. The van der Waals surface area contributed by atoms with Crippen LogP contribution in [0.3, 0.4) is 0 Å². The number of allylic oxidation sites excluding steroid dienone is 8. The van der Waals surface area contributed by atoms with E-state index in [-0.39, 0.29) is 5.92 Å². The molecular weight excluding hydrogens is 689 g/mol. The minimum Gasteiger partial charge on any atom is -0.314 e. The first-order chi connectivity index (χ1) is 28.2. The average molecular weight is 729 g/mol. The summed E-state index contributed by atoms with van der Waals surface area (Å²) in [6, 6.07) is 55.9. The van der Waals surface area contributed by atoms with Crippen LogP contribution in [0.2, 0.25) is 0 Å². The van der Waals surface area contributed by atoms with Gasteiger partial charge in [0, 0.05) is 23.3 Å². The number of fused-ring (bicyclic) bond motifs is 6. The van der Waals surface area contributed by atoms with Crippen molar-refractivity contribution in [3.63, 3.8) is 0 Å². The first-order valence-corrected chi connectivity index (χ1v) is 20.0. The van der Waals surface area contributed by atoms with Gasteiger partial charge in [0.25, 0.3) is 0 Å². The molecule has 57 heavy (non-hydrogen) atoms. The summed E-state index contributed by atoms with van der Waals surface area (Å²) in [4.78, 5) is 2.46. The van der Waals surface area contributed by atoms with Crippen molar-refractivity contribution in [2.75, 3.05) is 4.90 Å². The molecule has 2 atom stereocenters. The Morgan fingerprint density at radius 1 is 0.614 bits per heavy atom. The van der Waals surface area contributed by atoms with Gasteiger partial charge in [-0.15, -0.1) is 0 Å². The molecule has 0 radical (unpaired) electrons. The smallest absolute Gasteiger partial charge is 0.0458 e. The van der Waals surface area contributed by atoms with Gasteiger partial charge in [0.1, 0.15) is 0 Å². The summed E-state index contributed by atoms with van der Waals surface area (Å²) in [6.45, 7) is 4.01. The largest absolute Gasteiger partial charge is 0.314 e. The number of hydrogen-bond acceptors (Lipinski definition) is 2. The van der Waals surface area contributed by atoms with Crippen molar-refractivity contribution < 1.29 is 0 Å². The number of hydrogen-bond donors (Lipinski definition) is 1. The lowest BCUT2D eigenvalue weighted by Gasteiger charge is -2.37. The fourth-order valence-corrected chi connectivity index (χ4v) is 10.2. The van der Waals surface area contributed by atoms with Crippen LogP contribution in [-0.2, 0) is 0 Å². The lowest BCUT2D eigenvalue weighted by molar-refractivity contribution is 0.497. The van der Waals surface area contributed by atoms with E-state index in [4.69, 9.17) is 5.41 Å². The van der Waals surface area contributed by atoms with Crippen molar-refractivity contribution in [1.82, 2.24) is 0 Å². The maximum atomic E-state index is 7.68. The predicted octanol–water partition coefficient (Wildman–Crippen LogP) is 14.4. The molecule has 0 saturated carbocycles. The summed E-state index contributed by atoms with van der Waals surface area (Å²) in [7, 11) is 0. The molecule has 0 bridgehead atoms. The fourth-order valence-electron chi connectivity index (χ4n) is 10.2. The second kappa shape index (κ2) is 13.3. The highest BCUT2D eigenvalue weighted by Gasteiger charge is 2.36. The molecule has 270 valence electrons. The molecule has 0 fully saturated rings. The van der Waals surface area contributed by atoms with E-state index >= 15 is 0 Å². The van der Waals surface area contributed by atoms with Crippen molar-refractivity contribution in [2.24, 2.45) is 5.92 Å². The molecule has 0 heterocycles. The van der Waals surface area contributed by atoms with Crippen LogP contribution in [0.25, 0.3) is 60.9 Å². The van der Waals surface area contributed by atoms with Crippen molar-refractivity contribution in [3.05, 3.63) is 222 Å². The summed E-state index contributed by atoms with van der Waals surface area (Å²) in [5.74, 6) is 0.570. The number of para-hydroxylation sites is 1. The molecule has 0 saturated heterocycles. The topological polar surface area (TPSA) is 27.1 Å². The van der Waals surface area contributed by atoms with Crippen LogP contribution in [-0.4, -0.2) is 6.21 Å². The fraction of sp³-hybridized carbons (Fsp3) is 0.0727. The Bertz CT molecular complexity index is 2910. The van der Waals surface area contributed by atoms with Gasteiger partial charge >= 0.3 is 0 Å². The minimum atomic E-state index is 0.252. The van der Waals surface area contributed by atoms with Crippen LogP contribution in [0, 0.1) is 11.3 Å². The van der Waals surface area contributed by atoms with E-state index in [1.807, 2.05) is 6.08 Å². The van der Waals surface area contributed by atoms with Crippen LogP contribution in [0.5, 0.6) is 0 Å². The van der Waals surface area contributed by atoms with Crippen LogP contribution >= 0.6 is 0 Å². The predicted molar refractivity (Wildman–Crippen MR) is 241 cm³/mol. The summed E-state index contributed by atoms with van der Waals surface area (Å²) >= 11 is 0. The Morgan fingerprint density at radius 2 is 1.25 bits per heavy atom. The van der Waals surface area contributed by atoms with Crippen LogP contribution in [0.4, 0.5) is 11.4 Å². The van der Waals surface area contributed by atoms with Crippen molar-refractivity contribution >= 4 is 45.1 Å². The maximum Gasteiger partial charge on any atom is 0.0458 e. The minimum absolute atomic E-state index is 0.252. The van der Waals surface area contributed by atoms with Crippen LogP contribution in [0.15, 0.2) is 194 Å². The Labute approximate surface area is 334 Å². The van der Waals surface area contributed by atoms with E-state index in [2.05, 4.69) is 181 Å². The van der Waals surface area contributed by atoms with Gasteiger partial charge in [-0.25, -0.2) is 0 Å². The number of anilines is 2. The number of benzene rings is 7. The number of nitrogens with zero attached hydrogens (tertiary/aromatic N) is 1. The summed E-state index contributed by atoms with van der Waals surface area (Å²) in [5.41, 5.74) is 21.7. The summed E-state index contributed by atoms with van der Waals surface area (Å²) < 4.78 is 0. The number of nitrogens with one attached hydrogen (secondary N) is 1. The first-order valence-electron chi connectivity index (χ1n) is 20.0. The van der Waals surface area contributed by atoms with Gasteiger partial charge in [0.2, 0.25) is 0 Å². The molecule has 0 amide bonds. The molecule has 0 aromatic heterocycles. The maximum absolute atomic E-state index is 7.68. The van der Waals surface area contributed by atoms with Crippen molar-refractivity contribution in [3.8, 4) is 33.4 Å². The molecule has 2 unspecified atom stereocenters. The van der Waals surface area contributed by atoms with Crippen molar-refractivity contribution in [1.29, 1.82) is 5.41 Å². The Hall–Kier alpha value is -7.03. The molecule has 2 nitrogen and oxygen atoms in total. The normalized spacial score (nSPS) is 17.2. The molecule has 2 heteroatoms. The Balaban J connectivity index is 1.10. The summed E-state index contributed by atoms with van der Waals surface area (Å²) in [6.07, 6.45) is 14.4. The molecule has 4 aliphatic rings. The van der Waals surface area contributed by atoms with E-state index in [1.165, 1.54) is 89.5 Å². The molecule has 1 N–H and O–H groups in total. The molecule has 4 aliphatic carbocycles. The summed E-state index contributed by atoms with van der Waals surface area (Å²) in [5, 5.41) is 10.3. The highest BCUT2D eigenvalue weighted by Crippen LogP contribution is 2.55. The highest BCUT2D eigenvalue weighted by atomic mass is 15.1. The standard InChI is InChI=1S/C55H40N2/c1-2-35(30-31-56)36-22-24-40(25-23-36)57(39-12-4-3-5-13-39)41-33-37(42-26-28-52-46-16-8-6-14-44(46)50-20-10-18-48(42)54(50)52)32-38(34-41)43-27-29-53-47-17-9-7-15-45(47)51-21-11-19-49(43)55(51)53/h2-26,28-33,38,43,56H,1,27,34H2/b35-30+,56-31?. The average Bonchev–Trinajstić information content (AvgIpc) is 3.78. The van der Waals surface area contributed by atoms with Gasteiger partial charge in [-0.3, -0.25) is 0 Å². The lowest BCUT2D eigenvalue weighted by Crippen LogP contribution is -2.24. The Kier molecular flexibility index (Phi) is 7.79. The zero-order valence-corrected chi connectivity index (χ0v) is 31.6. The van der Waals surface area contributed by atoms with Gasteiger partial charge in [0.05, 0.1) is 0 Å². The van der Waals surface area contributed by atoms with Gasteiger partial charge in [-0.2, -0.15) is 0 Å². The van der Waals surface area contributed by atoms with Gasteiger partial charge in [-0.1, -0.05) is 152 Å².